The number of benzene rings is 1. The van der Waals surface area contributed by atoms with Gasteiger partial charge in [0.2, 0.25) is 0 Å². The second-order valence-electron chi connectivity index (χ2n) is 6.67. The van der Waals surface area contributed by atoms with Crippen LogP contribution in [0.4, 0.5) is 0 Å². The Labute approximate surface area is 133 Å². The average molecular weight is 382 g/mol. The van der Waals surface area contributed by atoms with E-state index < -0.39 is 0 Å². The number of nitrogens with zero attached hydrogens (tertiary/aromatic N) is 2. The molecule has 0 saturated heterocycles. The Bertz CT molecular complexity index is 317. The van der Waals surface area contributed by atoms with Gasteiger partial charge in [-0.05, 0) is 0 Å². The van der Waals surface area contributed by atoms with Crippen molar-refractivity contribution in [2.24, 2.45) is 0 Å². The average Bonchev–Trinajstić information content (AvgIpc) is 2.03. The molecule has 0 saturated carbocycles. The van der Waals surface area contributed by atoms with E-state index in [0.29, 0.717) is 0 Å². The van der Waals surface area contributed by atoms with E-state index in [1.54, 1.807) is 0 Å². The molecule has 0 fully saturated rings. The number of hydrogen-bond acceptors (Lipinski definition) is 0. The van der Waals surface area contributed by atoms with Gasteiger partial charge < -0.3 is 42.9 Å². The highest BCUT2D eigenvalue weighted by molar-refractivity contribution is 5.25. The molecule has 2 nitrogen and oxygen atoms in total. The van der Waals surface area contributed by atoms with E-state index in [2.05, 4.69) is 66.6 Å². The summed E-state index contributed by atoms with van der Waals surface area (Å²) in [6.07, 6.45) is 0. The molecule has 1 aromatic rings. The van der Waals surface area contributed by atoms with Gasteiger partial charge in [-0.1, -0.05) is 24.3 Å². The number of quaternary nitrogens is 2. The van der Waals surface area contributed by atoms with Crippen LogP contribution in [0, 0.1) is 0 Å². The molecule has 0 bridgehead atoms. The lowest BCUT2D eigenvalue weighted by Crippen LogP contribution is -3.00. The van der Waals surface area contributed by atoms with E-state index in [1.165, 1.54) is 11.1 Å². The first-order chi connectivity index (χ1) is 7.17. The first-order valence-electron chi connectivity index (χ1n) is 5.85. The third-order valence-corrected chi connectivity index (χ3v) is 2.41. The minimum atomic E-state index is 0. The van der Waals surface area contributed by atoms with Crippen LogP contribution in [-0.2, 0) is 13.1 Å². The molecule has 0 radical (unpaired) electrons. The Hall–Kier alpha value is 0.1000. The molecule has 4 heteroatoms. The smallest absolute Gasteiger partial charge is 0.104 e. The van der Waals surface area contributed by atoms with Crippen molar-refractivity contribution in [3.63, 3.8) is 0 Å². The molecular weight excluding hydrogens is 356 g/mol. The minimum Gasteiger partial charge on any atom is -1.00 e. The van der Waals surface area contributed by atoms with Crippen LogP contribution < -0.4 is 34.0 Å². The molecular formula is C14H26Br2N2. The van der Waals surface area contributed by atoms with Crippen molar-refractivity contribution in [2.75, 3.05) is 42.3 Å². The monoisotopic (exact) mass is 380 g/mol. The molecule has 0 amide bonds. The van der Waals surface area contributed by atoms with E-state index in [1.807, 2.05) is 0 Å². The van der Waals surface area contributed by atoms with Gasteiger partial charge in [-0.15, -0.1) is 0 Å². The second-order valence-corrected chi connectivity index (χ2v) is 6.67. The summed E-state index contributed by atoms with van der Waals surface area (Å²) in [5.41, 5.74) is 2.95. The minimum absolute atomic E-state index is 0. The van der Waals surface area contributed by atoms with Crippen LogP contribution in [0.5, 0.6) is 0 Å². The predicted molar refractivity (Wildman–Crippen MR) is 69.9 cm³/mol. The van der Waals surface area contributed by atoms with Crippen molar-refractivity contribution in [1.29, 1.82) is 0 Å². The lowest BCUT2D eigenvalue weighted by atomic mass is 10.1. The molecule has 0 spiro atoms. The molecule has 1 aromatic carbocycles. The van der Waals surface area contributed by atoms with Crippen LogP contribution in [0.3, 0.4) is 0 Å². The van der Waals surface area contributed by atoms with E-state index >= 15 is 0 Å². The Kier molecular flexibility index (Phi) is 8.66. The topological polar surface area (TPSA) is 0 Å². The van der Waals surface area contributed by atoms with Gasteiger partial charge in [0.15, 0.2) is 0 Å². The molecule has 106 valence electrons. The lowest BCUT2D eigenvalue weighted by Gasteiger charge is -2.28. The SMILES string of the molecule is C[N+](C)(C)Cc1ccccc1C[N+](C)(C)C.[Br-].[Br-]. The van der Waals surface area contributed by atoms with Gasteiger partial charge >= 0.3 is 0 Å². The van der Waals surface area contributed by atoms with Gasteiger partial charge in [0.05, 0.1) is 42.3 Å². The van der Waals surface area contributed by atoms with Crippen LogP contribution in [0.2, 0.25) is 0 Å². The first-order valence-corrected chi connectivity index (χ1v) is 5.85. The second kappa shape index (κ2) is 7.63. The molecule has 0 aromatic heterocycles. The molecule has 0 N–H and O–H groups in total. The van der Waals surface area contributed by atoms with Crippen LogP contribution in [0.25, 0.3) is 0 Å². The standard InChI is InChI=1S/C14H26N2.2BrH/c1-15(2,3)11-13-9-7-8-10-14(13)12-16(4,5)6;;/h7-10H,11-12H2,1-6H3;2*1H/q+2;;/p-2. The molecule has 0 aliphatic carbocycles. The molecule has 0 unspecified atom stereocenters. The van der Waals surface area contributed by atoms with Crippen LogP contribution in [-0.4, -0.2) is 51.3 Å². The van der Waals surface area contributed by atoms with Gasteiger partial charge in [-0.2, -0.15) is 0 Å². The van der Waals surface area contributed by atoms with E-state index in [9.17, 15) is 0 Å². The van der Waals surface area contributed by atoms with Crippen LogP contribution in [0.15, 0.2) is 24.3 Å². The van der Waals surface area contributed by atoms with Crippen molar-refractivity contribution < 1.29 is 42.9 Å². The first kappa shape index (κ1) is 20.4. The molecule has 0 atom stereocenters. The van der Waals surface area contributed by atoms with E-state index in [-0.39, 0.29) is 34.0 Å². The highest BCUT2D eigenvalue weighted by Crippen LogP contribution is 2.16. The zero-order valence-corrected chi connectivity index (χ0v) is 15.5. The van der Waals surface area contributed by atoms with Gasteiger partial charge in [0.1, 0.15) is 13.1 Å². The molecule has 0 heterocycles. The highest BCUT2D eigenvalue weighted by Gasteiger charge is 2.16. The number of rotatable bonds is 4. The van der Waals surface area contributed by atoms with E-state index in [4.69, 9.17) is 0 Å². The summed E-state index contributed by atoms with van der Waals surface area (Å²) in [6.45, 7) is 2.19. The zero-order valence-electron chi connectivity index (χ0n) is 12.4. The van der Waals surface area contributed by atoms with Crippen molar-refractivity contribution in [3.05, 3.63) is 35.4 Å². The van der Waals surface area contributed by atoms with Gasteiger partial charge in [0.25, 0.3) is 0 Å². The number of hydrogen-bond donors (Lipinski definition) is 0. The van der Waals surface area contributed by atoms with Crippen molar-refractivity contribution >= 4 is 0 Å². The third-order valence-electron chi connectivity index (χ3n) is 2.41. The van der Waals surface area contributed by atoms with Crippen molar-refractivity contribution in [1.82, 2.24) is 0 Å². The largest absolute Gasteiger partial charge is 1.00 e. The maximum Gasteiger partial charge on any atom is 0.104 e. The summed E-state index contributed by atoms with van der Waals surface area (Å²) in [5.74, 6) is 0. The van der Waals surface area contributed by atoms with Gasteiger partial charge in [-0.3, -0.25) is 0 Å². The maximum atomic E-state index is 2.26. The van der Waals surface area contributed by atoms with Gasteiger partial charge in [-0.25, -0.2) is 0 Å². The lowest BCUT2D eigenvalue weighted by molar-refractivity contribution is -0.887. The summed E-state index contributed by atoms with van der Waals surface area (Å²) in [5, 5.41) is 0. The van der Waals surface area contributed by atoms with Crippen LogP contribution >= 0.6 is 0 Å². The zero-order chi connectivity index (χ0) is 12.4. The van der Waals surface area contributed by atoms with E-state index in [0.717, 1.165) is 22.1 Å². The van der Waals surface area contributed by atoms with Crippen molar-refractivity contribution in [2.45, 2.75) is 13.1 Å². The fourth-order valence-corrected chi connectivity index (χ4v) is 1.89. The highest BCUT2D eigenvalue weighted by atomic mass is 79.9. The number of halogens is 2. The molecule has 1 rings (SSSR count). The predicted octanol–water partition coefficient (Wildman–Crippen LogP) is -3.89. The molecule has 0 aliphatic rings. The van der Waals surface area contributed by atoms with Gasteiger partial charge in [0, 0.05) is 11.1 Å². The summed E-state index contributed by atoms with van der Waals surface area (Å²) < 4.78 is 1.96. The Morgan fingerprint density at radius 2 is 0.944 bits per heavy atom. The quantitative estimate of drug-likeness (QED) is 0.468. The summed E-state index contributed by atoms with van der Waals surface area (Å²) in [7, 11) is 13.4. The Balaban J connectivity index is 0. The normalized spacial score (nSPS) is 11.4. The maximum absolute atomic E-state index is 2.26. The molecule has 18 heavy (non-hydrogen) atoms. The Morgan fingerprint density at radius 1 is 0.667 bits per heavy atom. The fourth-order valence-electron chi connectivity index (χ4n) is 1.89. The Morgan fingerprint density at radius 3 is 1.17 bits per heavy atom. The summed E-state index contributed by atoms with van der Waals surface area (Å²) in [6, 6.07) is 8.80. The summed E-state index contributed by atoms with van der Waals surface area (Å²) in [4.78, 5) is 0. The summed E-state index contributed by atoms with van der Waals surface area (Å²) >= 11 is 0. The van der Waals surface area contributed by atoms with Crippen LogP contribution in [0.1, 0.15) is 11.1 Å². The fraction of sp³-hybridized carbons (Fsp3) is 0.571. The molecule has 0 aliphatic heterocycles. The third kappa shape index (κ3) is 8.25. The van der Waals surface area contributed by atoms with Crippen molar-refractivity contribution in [3.8, 4) is 0 Å².